The molecule has 18 rings (SSSR count). The Morgan fingerprint density at radius 3 is 1.14 bits per heavy atom. The number of nitriles is 4. The molecular weight excluding hydrogens is 1080 g/mol. The lowest BCUT2D eigenvalue weighted by Crippen LogP contribution is -1.96. The second kappa shape index (κ2) is 19.8. The lowest BCUT2D eigenvalue weighted by atomic mass is 10.1. The van der Waals surface area contributed by atoms with Crippen LogP contribution in [-0.4, -0.2) is 18.7 Å². The van der Waals surface area contributed by atoms with Gasteiger partial charge in [0.05, 0.1) is 82.4 Å². The maximum Gasteiger partial charge on any atom is 0.145 e. The molecule has 6 aromatic heterocycles. The minimum Gasteiger partial charge on any atom is -0.455 e. The van der Waals surface area contributed by atoms with Gasteiger partial charge in [-0.25, -0.2) is 4.39 Å². The van der Waals surface area contributed by atoms with Gasteiger partial charge in [-0.2, -0.15) is 21.0 Å². The maximum atomic E-state index is 12.4. The predicted molar refractivity (Wildman–Crippen MR) is 345 cm³/mol. The van der Waals surface area contributed by atoms with Crippen molar-refractivity contribution in [3.05, 3.63) is 271 Å². The molecule has 0 bridgehead atoms. The number of halogens is 1. The van der Waals surface area contributed by atoms with E-state index in [-0.39, 0.29) is 11.1 Å². The molecule has 0 fully saturated rings. The predicted octanol–water partition coefficient (Wildman–Crippen LogP) is 19.4. The zero-order valence-electron chi connectivity index (χ0n) is 45.9. The Morgan fingerprint density at radius 2 is 0.667 bits per heavy atom. The molecule has 12 aromatic carbocycles. The van der Waals surface area contributed by atoms with Crippen molar-refractivity contribution in [3.63, 3.8) is 0 Å². The standard InChI is InChI=1S/C38H20N4O.C30H18N2O.C8H3FN2/c39-21-23-14-15-26(20-24(23)22-40)42-32-13-7-5-11-30(32)36-34(42)19-17-28-27-16-18-33-35(37(27)43-38(28)36)29-10-4-6-12-31(29)41(33)25-8-2-1-3-9-25;1-2-8-18(9-3-1)32-25-13-7-5-11-22(25)28-26(32)17-15-20-19-14-16-24-27(29(19)33-30(20)28)21-10-4-6-12-23(21)31-24;9-8-2-1-6(4-10)7(3-8)5-11/h1-20H;1-17,31H;1-3H. The Kier molecular flexibility index (Phi) is 11.4. The monoisotopic (exact) mass is 1120 g/mol. The minimum absolute atomic E-state index is 0.0764. The van der Waals surface area contributed by atoms with Crippen LogP contribution in [0.2, 0.25) is 0 Å². The van der Waals surface area contributed by atoms with E-state index in [4.69, 9.17) is 19.4 Å². The molecule has 0 saturated carbocycles. The molecule has 18 aromatic rings. The lowest BCUT2D eigenvalue weighted by molar-refractivity contribution is 0.627. The van der Waals surface area contributed by atoms with Crippen molar-refractivity contribution in [2.45, 2.75) is 0 Å². The van der Waals surface area contributed by atoms with Crippen LogP contribution < -0.4 is 0 Å². The van der Waals surface area contributed by atoms with Crippen LogP contribution in [0.25, 0.3) is 148 Å². The first-order valence-electron chi connectivity index (χ1n) is 28.2. The van der Waals surface area contributed by atoms with Crippen molar-refractivity contribution in [2.24, 2.45) is 0 Å². The highest BCUT2D eigenvalue weighted by atomic mass is 19.1. The summed E-state index contributed by atoms with van der Waals surface area (Å²) < 4.78 is 32.9. The largest absolute Gasteiger partial charge is 0.455 e. The SMILES string of the molecule is N#Cc1ccc(-n2c3ccccc3c3c4oc5c(ccc6c5c5ccccc5n6-c5ccccc5)c4ccc32)cc1C#N.N#Cc1ccc(F)cc1C#N.c1ccc(-n2c3ccccc3c3c4oc5c(ccc6[nH]c7ccccc7c65)c4ccc32)cc1. The van der Waals surface area contributed by atoms with Crippen molar-refractivity contribution in [3.8, 4) is 41.3 Å². The van der Waals surface area contributed by atoms with Gasteiger partial charge in [-0.05, 0) is 133 Å². The van der Waals surface area contributed by atoms with Gasteiger partial charge in [-0.1, -0.05) is 109 Å². The molecule has 0 atom stereocenters. The van der Waals surface area contributed by atoms with Crippen LogP contribution in [0.5, 0.6) is 0 Å². The van der Waals surface area contributed by atoms with E-state index in [1.807, 2.05) is 24.3 Å². The first kappa shape index (κ1) is 50.1. The molecule has 0 spiro atoms. The topological polar surface area (TPSA) is 152 Å². The summed E-state index contributed by atoms with van der Waals surface area (Å²) in [7, 11) is 0. The van der Waals surface area contributed by atoms with E-state index >= 15 is 0 Å². The lowest BCUT2D eigenvalue weighted by Gasteiger charge is -2.08. The molecule has 6 heterocycles. The van der Waals surface area contributed by atoms with E-state index in [0.29, 0.717) is 11.1 Å². The van der Waals surface area contributed by atoms with Gasteiger partial charge in [0.2, 0.25) is 0 Å². The fourth-order valence-corrected chi connectivity index (χ4v) is 13.0. The highest BCUT2D eigenvalue weighted by Crippen LogP contribution is 2.46. The maximum absolute atomic E-state index is 12.4. The van der Waals surface area contributed by atoms with Crippen LogP contribution >= 0.6 is 0 Å². The normalized spacial score (nSPS) is 11.5. The highest BCUT2D eigenvalue weighted by Gasteiger charge is 2.24. The molecule has 404 valence electrons. The quantitative estimate of drug-likeness (QED) is 0.186. The van der Waals surface area contributed by atoms with E-state index in [9.17, 15) is 14.9 Å². The number of para-hydroxylation sites is 6. The van der Waals surface area contributed by atoms with Gasteiger partial charge in [0.15, 0.2) is 0 Å². The van der Waals surface area contributed by atoms with Gasteiger partial charge in [0.25, 0.3) is 0 Å². The van der Waals surface area contributed by atoms with Gasteiger partial charge >= 0.3 is 0 Å². The third kappa shape index (κ3) is 7.62. The van der Waals surface area contributed by atoms with Crippen molar-refractivity contribution in [1.82, 2.24) is 18.7 Å². The average Bonchev–Trinajstić information content (AvgIpc) is 1.59. The second-order valence-corrected chi connectivity index (χ2v) is 21.3. The summed E-state index contributed by atoms with van der Waals surface area (Å²) in [4.78, 5) is 3.54. The Hall–Kier alpha value is -12.7. The molecule has 0 saturated heterocycles. The number of hydrogen-bond acceptors (Lipinski definition) is 6. The number of fused-ring (bicyclic) bond motifs is 22. The van der Waals surface area contributed by atoms with Gasteiger partial charge in [-0.3, -0.25) is 0 Å². The number of nitrogens with zero attached hydrogens (tertiary/aromatic N) is 7. The Bertz CT molecular complexity index is 6090. The van der Waals surface area contributed by atoms with E-state index in [1.54, 1.807) is 24.3 Å². The van der Waals surface area contributed by atoms with Gasteiger partial charge in [-0.15, -0.1) is 0 Å². The molecule has 0 aliphatic carbocycles. The van der Waals surface area contributed by atoms with Crippen LogP contribution in [0.3, 0.4) is 0 Å². The molecule has 0 amide bonds. The van der Waals surface area contributed by atoms with Crippen LogP contribution in [0.4, 0.5) is 4.39 Å². The molecule has 0 radical (unpaired) electrons. The van der Waals surface area contributed by atoms with Crippen molar-refractivity contribution >= 4 is 131 Å². The minimum atomic E-state index is -0.499. The van der Waals surface area contributed by atoms with Crippen LogP contribution in [0, 0.1) is 51.1 Å². The summed E-state index contributed by atoms with van der Waals surface area (Å²) in [5, 5.41) is 49.5. The number of benzene rings is 12. The third-order valence-corrected chi connectivity index (χ3v) is 16.7. The van der Waals surface area contributed by atoms with Crippen molar-refractivity contribution < 1.29 is 13.2 Å². The molecule has 1 N–H and O–H groups in total. The van der Waals surface area contributed by atoms with Crippen LogP contribution in [0.15, 0.2) is 251 Å². The fraction of sp³-hybridized carbons (Fsp3) is 0. The molecule has 87 heavy (non-hydrogen) atoms. The van der Waals surface area contributed by atoms with E-state index in [2.05, 4.69) is 219 Å². The number of furan rings is 2. The third-order valence-electron chi connectivity index (χ3n) is 16.7. The first-order valence-corrected chi connectivity index (χ1v) is 28.2. The van der Waals surface area contributed by atoms with Gasteiger partial charge in [0.1, 0.15) is 52.4 Å². The first-order chi connectivity index (χ1) is 42.9. The Morgan fingerprint density at radius 1 is 0.287 bits per heavy atom. The van der Waals surface area contributed by atoms with E-state index < -0.39 is 5.82 Å². The van der Waals surface area contributed by atoms with Crippen LogP contribution in [-0.2, 0) is 0 Å². The summed E-state index contributed by atoms with van der Waals surface area (Å²) in [6, 6.07) is 88.9. The zero-order chi connectivity index (χ0) is 58.4. The summed E-state index contributed by atoms with van der Waals surface area (Å²) in [5.41, 5.74) is 16.5. The highest BCUT2D eigenvalue weighted by molar-refractivity contribution is 6.30. The van der Waals surface area contributed by atoms with E-state index in [1.165, 1.54) is 22.4 Å². The van der Waals surface area contributed by atoms with Gasteiger partial charge in [0, 0.05) is 65.7 Å². The number of hydrogen-bond donors (Lipinski definition) is 1. The average molecular weight is 1120 g/mol. The summed E-state index contributed by atoms with van der Waals surface area (Å²) >= 11 is 0. The number of aromatic nitrogens is 4. The molecule has 10 nitrogen and oxygen atoms in total. The number of H-pyrrole nitrogens is 1. The molecule has 0 unspecified atom stereocenters. The molecule has 11 heteroatoms. The second-order valence-electron chi connectivity index (χ2n) is 21.3. The summed E-state index contributed by atoms with van der Waals surface area (Å²) in [6.45, 7) is 0. The number of nitrogens with one attached hydrogen (secondary N) is 1. The van der Waals surface area contributed by atoms with Crippen molar-refractivity contribution in [2.75, 3.05) is 0 Å². The van der Waals surface area contributed by atoms with Crippen molar-refractivity contribution in [1.29, 1.82) is 21.0 Å². The van der Waals surface area contributed by atoms with Gasteiger partial charge < -0.3 is 27.5 Å². The Balaban J connectivity index is 0.000000123. The summed E-state index contributed by atoms with van der Waals surface area (Å²) in [5.74, 6) is -0.499. The number of aromatic amines is 1. The fourth-order valence-electron chi connectivity index (χ4n) is 13.0. The Labute approximate surface area is 493 Å². The van der Waals surface area contributed by atoms with Crippen LogP contribution in [0.1, 0.15) is 22.3 Å². The number of rotatable bonds is 3. The molecular formula is C76H41FN8O2. The zero-order valence-corrected chi connectivity index (χ0v) is 45.9. The molecule has 0 aliphatic rings. The van der Waals surface area contributed by atoms with E-state index in [0.717, 1.165) is 144 Å². The molecule has 0 aliphatic heterocycles. The summed E-state index contributed by atoms with van der Waals surface area (Å²) in [6.07, 6.45) is 0. The smallest absolute Gasteiger partial charge is 0.145 e.